The zero-order valence-electron chi connectivity index (χ0n) is 16.4. The van der Waals surface area contributed by atoms with Crippen LogP contribution in [-0.4, -0.2) is 44.3 Å². The van der Waals surface area contributed by atoms with Gasteiger partial charge in [0.25, 0.3) is 0 Å². The van der Waals surface area contributed by atoms with Crippen LogP contribution in [0.25, 0.3) is 11.4 Å². The van der Waals surface area contributed by atoms with Crippen molar-refractivity contribution in [1.29, 1.82) is 0 Å². The van der Waals surface area contributed by atoms with Crippen LogP contribution in [0.3, 0.4) is 0 Å². The van der Waals surface area contributed by atoms with E-state index in [0.29, 0.717) is 22.4 Å². The van der Waals surface area contributed by atoms with Gasteiger partial charge < -0.3 is 14.6 Å². The molecule has 0 saturated heterocycles. The van der Waals surface area contributed by atoms with E-state index in [9.17, 15) is 9.59 Å². The summed E-state index contributed by atoms with van der Waals surface area (Å²) in [5, 5.41) is 11.7. The number of amides is 1. The van der Waals surface area contributed by atoms with Crippen molar-refractivity contribution in [3.63, 3.8) is 0 Å². The highest BCUT2D eigenvalue weighted by Gasteiger charge is 2.15. The van der Waals surface area contributed by atoms with E-state index in [-0.39, 0.29) is 23.9 Å². The predicted molar refractivity (Wildman–Crippen MR) is 111 cm³/mol. The molecule has 0 unspecified atom stereocenters. The molecule has 9 heteroatoms. The molecule has 3 rings (SSSR count). The first-order valence-electron chi connectivity index (χ1n) is 8.86. The number of ketones is 1. The molecule has 0 radical (unpaired) electrons. The molecule has 0 aliphatic heterocycles. The molecule has 0 atom stereocenters. The number of rotatable bonds is 8. The molecule has 2 heterocycles. The minimum absolute atomic E-state index is 0.0132. The smallest absolute Gasteiger partial charge is 0.221 e. The molecule has 3 aromatic rings. The van der Waals surface area contributed by atoms with Crippen LogP contribution in [0.2, 0.25) is 0 Å². The molecule has 1 N–H and O–H groups in total. The van der Waals surface area contributed by atoms with Crippen molar-refractivity contribution in [2.75, 3.05) is 18.2 Å². The van der Waals surface area contributed by atoms with E-state index in [1.807, 2.05) is 23.7 Å². The molecule has 2 aromatic heterocycles. The van der Waals surface area contributed by atoms with E-state index < -0.39 is 0 Å². The number of nitrogens with zero attached hydrogens (tertiary/aromatic N) is 4. The van der Waals surface area contributed by atoms with Gasteiger partial charge in [-0.3, -0.25) is 14.6 Å². The Bertz CT molecular complexity index is 1020. The summed E-state index contributed by atoms with van der Waals surface area (Å²) in [5.41, 5.74) is 2.21. The average molecular weight is 411 g/mol. The van der Waals surface area contributed by atoms with Crippen LogP contribution >= 0.6 is 11.8 Å². The summed E-state index contributed by atoms with van der Waals surface area (Å²) in [7, 11) is 3.41. The molecule has 150 valence electrons. The molecule has 0 fully saturated rings. The Labute approximate surface area is 172 Å². The molecule has 1 amide bonds. The van der Waals surface area contributed by atoms with E-state index in [0.717, 1.165) is 11.1 Å². The van der Waals surface area contributed by atoms with Gasteiger partial charge in [-0.2, -0.15) is 0 Å². The maximum absolute atomic E-state index is 12.5. The summed E-state index contributed by atoms with van der Waals surface area (Å²) in [6.07, 6.45) is 3.61. The van der Waals surface area contributed by atoms with Crippen LogP contribution in [0.4, 0.5) is 5.69 Å². The summed E-state index contributed by atoms with van der Waals surface area (Å²) in [6, 6.07) is 8.98. The van der Waals surface area contributed by atoms with Gasteiger partial charge in [-0.25, -0.2) is 0 Å². The lowest BCUT2D eigenvalue weighted by Crippen LogP contribution is -2.10. The minimum atomic E-state index is -0.172. The lowest BCUT2D eigenvalue weighted by atomic mass is 10.1. The third-order valence-electron chi connectivity index (χ3n) is 4.11. The summed E-state index contributed by atoms with van der Waals surface area (Å²) in [5.74, 6) is 1.38. The molecule has 0 aliphatic carbocycles. The second-order valence-electron chi connectivity index (χ2n) is 6.32. The second kappa shape index (κ2) is 9.33. The Balaban J connectivity index is 1.66. The van der Waals surface area contributed by atoms with Crippen LogP contribution in [0.1, 0.15) is 12.5 Å². The number of benzene rings is 1. The molecule has 0 saturated carbocycles. The molecular formula is C20H21N5O3S. The highest BCUT2D eigenvalue weighted by Crippen LogP contribution is 2.25. The zero-order chi connectivity index (χ0) is 20.8. The van der Waals surface area contributed by atoms with Gasteiger partial charge in [0.2, 0.25) is 5.91 Å². The van der Waals surface area contributed by atoms with Crippen LogP contribution < -0.4 is 10.1 Å². The molecule has 0 bridgehead atoms. The molecule has 8 nitrogen and oxygen atoms in total. The largest absolute Gasteiger partial charge is 0.496 e. The maximum Gasteiger partial charge on any atom is 0.221 e. The Morgan fingerprint density at radius 1 is 1.24 bits per heavy atom. The Morgan fingerprint density at radius 3 is 2.76 bits per heavy atom. The number of aromatic nitrogens is 4. The fraction of sp³-hybridized carbons (Fsp3) is 0.250. The number of nitrogens with one attached hydrogen (secondary N) is 1. The molecule has 0 aliphatic rings. The van der Waals surface area contributed by atoms with Gasteiger partial charge >= 0.3 is 0 Å². The molecule has 0 spiro atoms. The number of methoxy groups -OCH3 is 1. The summed E-state index contributed by atoms with van der Waals surface area (Å²) in [4.78, 5) is 27.9. The topological polar surface area (TPSA) is 99.0 Å². The normalized spacial score (nSPS) is 10.6. The van der Waals surface area contributed by atoms with Crippen LogP contribution in [0.15, 0.2) is 47.9 Å². The van der Waals surface area contributed by atoms with Gasteiger partial charge in [-0.1, -0.05) is 11.8 Å². The number of Topliss-reactive ketones (excluding diaryl/α,β-unsaturated/α-hetero) is 1. The number of carbonyl (C=O) groups is 2. The number of hydrogen-bond acceptors (Lipinski definition) is 7. The zero-order valence-corrected chi connectivity index (χ0v) is 17.2. The van der Waals surface area contributed by atoms with Gasteiger partial charge in [0.15, 0.2) is 11.0 Å². The van der Waals surface area contributed by atoms with Crippen molar-refractivity contribution in [1.82, 2.24) is 19.7 Å². The molecule has 29 heavy (non-hydrogen) atoms. The van der Waals surface area contributed by atoms with Crippen molar-refractivity contribution >= 4 is 29.1 Å². The fourth-order valence-electron chi connectivity index (χ4n) is 2.79. The van der Waals surface area contributed by atoms with Gasteiger partial charge in [0.05, 0.1) is 12.9 Å². The van der Waals surface area contributed by atoms with Gasteiger partial charge in [-0.05, 0) is 30.3 Å². The first kappa shape index (κ1) is 20.5. The third-order valence-corrected chi connectivity index (χ3v) is 5.19. The van der Waals surface area contributed by atoms with Crippen LogP contribution in [0, 0.1) is 0 Å². The van der Waals surface area contributed by atoms with E-state index in [1.165, 1.54) is 18.7 Å². The standard InChI is InChI=1S/C20H21N5O3S/c1-13(26)22-16-6-7-18(28-3)15(9-16)10-17(27)12-29-20-24-23-19(25(20)2)14-5-4-8-21-11-14/h4-9,11H,10,12H2,1-3H3,(H,22,26). The first-order chi connectivity index (χ1) is 14.0. The van der Waals surface area contributed by atoms with E-state index in [4.69, 9.17) is 4.74 Å². The van der Waals surface area contributed by atoms with Crippen molar-refractivity contribution in [2.45, 2.75) is 18.5 Å². The third kappa shape index (κ3) is 5.20. The SMILES string of the molecule is COc1ccc(NC(C)=O)cc1CC(=O)CSc1nnc(-c2cccnc2)n1C. The quantitative estimate of drug-likeness (QED) is 0.569. The van der Waals surface area contributed by atoms with E-state index in [2.05, 4.69) is 20.5 Å². The predicted octanol–water partition coefficient (Wildman–Crippen LogP) is 2.75. The highest BCUT2D eigenvalue weighted by molar-refractivity contribution is 7.99. The van der Waals surface area contributed by atoms with E-state index >= 15 is 0 Å². The van der Waals surface area contributed by atoms with Crippen molar-refractivity contribution in [3.8, 4) is 17.1 Å². The van der Waals surface area contributed by atoms with E-state index in [1.54, 1.807) is 37.7 Å². The van der Waals surface area contributed by atoms with Gasteiger partial charge in [0, 0.05) is 49.6 Å². The summed E-state index contributed by atoms with van der Waals surface area (Å²) in [6.45, 7) is 1.44. The highest BCUT2D eigenvalue weighted by atomic mass is 32.2. The Hall–Kier alpha value is -3.20. The Morgan fingerprint density at radius 2 is 2.07 bits per heavy atom. The Kier molecular flexibility index (Phi) is 6.61. The number of hydrogen-bond donors (Lipinski definition) is 1. The molecular weight excluding hydrogens is 390 g/mol. The lowest BCUT2D eigenvalue weighted by molar-refractivity contribution is -0.116. The van der Waals surface area contributed by atoms with Crippen LogP contribution in [-0.2, 0) is 23.1 Å². The number of ether oxygens (including phenoxy) is 1. The minimum Gasteiger partial charge on any atom is -0.496 e. The lowest BCUT2D eigenvalue weighted by Gasteiger charge is -2.11. The monoisotopic (exact) mass is 411 g/mol. The number of pyridine rings is 1. The number of carbonyl (C=O) groups excluding carboxylic acids is 2. The average Bonchev–Trinajstić information content (AvgIpc) is 3.07. The second-order valence-corrected chi connectivity index (χ2v) is 7.26. The number of thioether (sulfide) groups is 1. The fourth-order valence-corrected chi connectivity index (χ4v) is 3.56. The molecule has 1 aromatic carbocycles. The van der Waals surface area contributed by atoms with Gasteiger partial charge in [0.1, 0.15) is 11.5 Å². The van der Waals surface area contributed by atoms with Gasteiger partial charge in [-0.15, -0.1) is 10.2 Å². The number of anilines is 1. The van der Waals surface area contributed by atoms with Crippen LogP contribution in [0.5, 0.6) is 5.75 Å². The maximum atomic E-state index is 12.5. The first-order valence-corrected chi connectivity index (χ1v) is 9.85. The van der Waals surface area contributed by atoms with Crippen molar-refractivity contribution in [2.24, 2.45) is 7.05 Å². The summed E-state index contributed by atoms with van der Waals surface area (Å²) >= 11 is 1.33. The van der Waals surface area contributed by atoms with Crippen molar-refractivity contribution in [3.05, 3.63) is 48.3 Å². The summed E-state index contributed by atoms with van der Waals surface area (Å²) < 4.78 is 7.18. The van der Waals surface area contributed by atoms with Crippen molar-refractivity contribution < 1.29 is 14.3 Å².